The number of amides is 2. The second-order valence-electron chi connectivity index (χ2n) is 10.3. The normalized spacial score (nSPS) is 23.3. The fraction of sp³-hybridized carbons (Fsp3) is 0.517. The largest absolute Gasteiger partial charge is 0.446 e. The van der Waals surface area contributed by atoms with Crippen molar-refractivity contribution in [3.63, 3.8) is 0 Å². The molecule has 194 valence electrons. The molecule has 1 aromatic heterocycles. The van der Waals surface area contributed by atoms with Gasteiger partial charge in [-0.05, 0) is 68.6 Å². The Balaban J connectivity index is 0.00000361. The van der Waals surface area contributed by atoms with Crippen LogP contribution < -0.4 is 10.6 Å². The third-order valence-corrected chi connectivity index (χ3v) is 7.49. The fourth-order valence-corrected chi connectivity index (χ4v) is 5.57. The smallest absolute Gasteiger partial charge is 0.408 e. The summed E-state index contributed by atoms with van der Waals surface area (Å²) in [5.41, 5.74) is 0.398. The van der Waals surface area contributed by atoms with Gasteiger partial charge in [-0.25, -0.2) is 4.79 Å². The Bertz CT molecular complexity index is 971. The highest BCUT2D eigenvalue weighted by Crippen LogP contribution is 2.41. The summed E-state index contributed by atoms with van der Waals surface area (Å²) >= 11 is 0. The zero-order valence-electron chi connectivity index (χ0n) is 21.2. The Labute approximate surface area is 215 Å². The van der Waals surface area contributed by atoms with Crippen LogP contribution in [0.2, 0.25) is 0 Å². The number of carbonyl (C=O) groups is 2. The lowest BCUT2D eigenvalue weighted by Crippen LogP contribution is -2.61. The quantitative estimate of drug-likeness (QED) is 0.488. The molecule has 2 amide bonds. The molecule has 7 heteroatoms. The monoisotopic (exact) mass is 493 g/mol. The summed E-state index contributed by atoms with van der Waals surface area (Å²) in [6.07, 6.45) is 8.36. The SMILES string of the molecule is CC(Cc1ccccn1)(NC(=O)OC1CCC2CCCC1C2)C(=O)NC(CO)Cc1ccccc1.[CH2]. The number of fused-ring (bicyclic) bond motifs is 2. The van der Waals surface area contributed by atoms with E-state index in [0.29, 0.717) is 18.0 Å². The third kappa shape index (κ3) is 7.29. The number of aromatic nitrogens is 1. The second kappa shape index (κ2) is 12.9. The predicted octanol–water partition coefficient (Wildman–Crippen LogP) is 4.12. The van der Waals surface area contributed by atoms with Crippen LogP contribution >= 0.6 is 0 Å². The molecule has 2 radical (unpaired) electrons. The van der Waals surface area contributed by atoms with Gasteiger partial charge in [-0.2, -0.15) is 0 Å². The van der Waals surface area contributed by atoms with E-state index in [1.54, 1.807) is 13.1 Å². The number of pyridine rings is 1. The minimum atomic E-state index is -1.29. The Morgan fingerprint density at radius 2 is 1.89 bits per heavy atom. The van der Waals surface area contributed by atoms with E-state index in [0.717, 1.165) is 37.2 Å². The Morgan fingerprint density at radius 1 is 1.11 bits per heavy atom. The van der Waals surface area contributed by atoms with Crippen LogP contribution in [0.5, 0.6) is 0 Å². The zero-order valence-corrected chi connectivity index (χ0v) is 21.2. The molecule has 4 rings (SSSR count). The number of ether oxygens (including phenoxy) is 1. The number of aliphatic hydroxyl groups is 1. The van der Waals surface area contributed by atoms with Crippen molar-refractivity contribution in [1.29, 1.82) is 0 Å². The number of hydrogen-bond acceptors (Lipinski definition) is 5. The minimum absolute atomic E-state index is 0. The maximum Gasteiger partial charge on any atom is 0.408 e. The van der Waals surface area contributed by atoms with Gasteiger partial charge in [-0.15, -0.1) is 0 Å². The van der Waals surface area contributed by atoms with Crippen molar-refractivity contribution in [3.05, 3.63) is 73.4 Å². The number of nitrogens with one attached hydrogen (secondary N) is 2. The average Bonchev–Trinajstić information content (AvgIpc) is 2.86. The van der Waals surface area contributed by atoms with Crippen molar-refractivity contribution in [2.45, 2.75) is 76.0 Å². The van der Waals surface area contributed by atoms with Gasteiger partial charge in [0, 0.05) is 18.3 Å². The highest BCUT2D eigenvalue weighted by molar-refractivity contribution is 5.90. The number of alkyl carbamates (subject to hydrolysis) is 1. The Kier molecular flexibility index (Phi) is 9.88. The first-order valence-electron chi connectivity index (χ1n) is 12.8. The molecule has 2 saturated carbocycles. The Morgan fingerprint density at radius 3 is 2.61 bits per heavy atom. The highest BCUT2D eigenvalue weighted by atomic mass is 16.6. The maximum absolute atomic E-state index is 13.5. The van der Waals surface area contributed by atoms with E-state index in [-0.39, 0.29) is 32.5 Å². The van der Waals surface area contributed by atoms with Crippen molar-refractivity contribution >= 4 is 12.0 Å². The van der Waals surface area contributed by atoms with E-state index in [1.165, 1.54) is 12.8 Å². The van der Waals surface area contributed by atoms with Gasteiger partial charge in [0.1, 0.15) is 11.6 Å². The standard InChI is InChI=1S/C28H37N3O4.CH2/c1-28(18-23-12-5-6-15-29-23,26(33)30-24(19-32)17-20-8-3-2-4-9-20)31-27(34)35-25-14-13-21-10-7-11-22(25)16-21;/h2-6,8-9,12,15,21-22,24-25,32H,7,10-11,13-14,16-19H2,1H3,(H,30,33)(H,31,34);1H2. The minimum Gasteiger partial charge on any atom is -0.446 e. The van der Waals surface area contributed by atoms with Crippen LogP contribution in [0, 0.1) is 19.3 Å². The van der Waals surface area contributed by atoms with Crippen molar-refractivity contribution in [3.8, 4) is 0 Å². The van der Waals surface area contributed by atoms with Crippen molar-refractivity contribution in [2.24, 2.45) is 11.8 Å². The van der Waals surface area contributed by atoms with Crippen LogP contribution in [0.3, 0.4) is 0 Å². The third-order valence-electron chi connectivity index (χ3n) is 7.49. The van der Waals surface area contributed by atoms with Gasteiger partial charge in [-0.3, -0.25) is 9.78 Å². The lowest BCUT2D eigenvalue weighted by Gasteiger charge is -2.40. The first kappa shape index (κ1) is 27.7. The summed E-state index contributed by atoms with van der Waals surface area (Å²) in [5, 5.41) is 15.7. The van der Waals surface area contributed by atoms with Crippen LogP contribution in [0.1, 0.15) is 56.7 Å². The first-order valence-corrected chi connectivity index (χ1v) is 12.8. The summed E-state index contributed by atoms with van der Waals surface area (Å²) in [6, 6.07) is 14.7. The van der Waals surface area contributed by atoms with E-state index in [2.05, 4.69) is 15.6 Å². The molecule has 2 fully saturated rings. The van der Waals surface area contributed by atoms with E-state index in [4.69, 9.17) is 4.74 Å². The number of rotatable bonds is 9. The molecule has 2 aliphatic rings. The van der Waals surface area contributed by atoms with Gasteiger partial charge in [0.2, 0.25) is 5.91 Å². The number of hydrogen-bond donors (Lipinski definition) is 3. The molecule has 0 spiro atoms. The molecule has 3 N–H and O–H groups in total. The zero-order chi connectivity index (χ0) is 24.7. The second-order valence-corrected chi connectivity index (χ2v) is 10.3. The van der Waals surface area contributed by atoms with Gasteiger partial charge in [-0.1, -0.05) is 56.7 Å². The van der Waals surface area contributed by atoms with Crippen LogP contribution in [-0.2, 0) is 22.4 Å². The fourth-order valence-electron chi connectivity index (χ4n) is 5.57. The maximum atomic E-state index is 13.5. The molecular weight excluding hydrogens is 454 g/mol. The van der Waals surface area contributed by atoms with Gasteiger partial charge < -0.3 is 20.5 Å². The molecule has 5 atom stereocenters. The van der Waals surface area contributed by atoms with E-state index >= 15 is 0 Å². The van der Waals surface area contributed by atoms with Crippen LogP contribution in [0.4, 0.5) is 4.79 Å². The summed E-state index contributed by atoms with van der Waals surface area (Å²) in [7, 11) is 0. The van der Waals surface area contributed by atoms with E-state index in [1.807, 2.05) is 48.5 Å². The lowest BCUT2D eigenvalue weighted by atomic mass is 9.71. The molecule has 5 unspecified atom stereocenters. The van der Waals surface area contributed by atoms with Gasteiger partial charge in [0.25, 0.3) is 0 Å². The molecule has 2 bridgehead atoms. The molecule has 36 heavy (non-hydrogen) atoms. The van der Waals surface area contributed by atoms with Gasteiger partial charge in [0.05, 0.1) is 12.6 Å². The average molecular weight is 494 g/mol. The number of benzene rings is 1. The summed E-state index contributed by atoms with van der Waals surface area (Å²) < 4.78 is 5.89. The van der Waals surface area contributed by atoms with Crippen LogP contribution in [0.25, 0.3) is 0 Å². The molecule has 1 aromatic carbocycles. The lowest BCUT2D eigenvalue weighted by molar-refractivity contribution is -0.128. The van der Waals surface area contributed by atoms with Crippen molar-refractivity contribution in [1.82, 2.24) is 15.6 Å². The topological polar surface area (TPSA) is 101 Å². The summed E-state index contributed by atoms with van der Waals surface area (Å²) in [5.74, 6) is 0.794. The molecule has 7 nitrogen and oxygen atoms in total. The number of carbonyl (C=O) groups excluding carboxylic acids is 2. The van der Waals surface area contributed by atoms with Gasteiger partial charge in [0.15, 0.2) is 0 Å². The van der Waals surface area contributed by atoms with Crippen LogP contribution in [-0.4, -0.2) is 46.4 Å². The van der Waals surface area contributed by atoms with Crippen molar-refractivity contribution in [2.75, 3.05) is 6.61 Å². The van der Waals surface area contributed by atoms with Crippen molar-refractivity contribution < 1.29 is 19.4 Å². The molecular formula is C29H39N3O4. The summed E-state index contributed by atoms with van der Waals surface area (Å²) in [4.78, 5) is 30.9. The van der Waals surface area contributed by atoms with E-state index in [9.17, 15) is 14.7 Å². The summed E-state index contributed by atoms with van der Waals surface area (Å²) in [6.45, 7) is 1.47. The number of nitrogens with zero attached hydrogens (tertiary/aromatic N) is 1. The Hall–Kier alpha value is -2.93. The molecule has 1 heterocycles. The first-order chi connectivity index (χ1) is 16.9. The molecule has 2 aromatic rings. The van der Waals surface area contributed by atoms with E-state index < -0.39 is 17.7 Å². The highest BCUT2D eigenvalue weighted by Gasteiger charge is 2.40. The molecule has 0 aliphatic heterocycles. The molecule has 0 saturated heterocycles. The van der Waals surface area contributed by atoms with Gasteiger partial charge >= 0.3 is 6.09 Å². The molecule has 2 aliphatic carbocycles. The van der Waals surface area contributed by atoms with Crippen LogP contribution in [0.15, 0.2) is 54.7 Å². The predicted molar refractivity (Wildman–Crippen MR) is 139 cm³/mol. The number of aliphatic hydroxyl groups excluding tert-OH is 1.